The molecule has 0 spiro atoms. The first kappa shape index (κ1) is 24.2. The molecule has 0 saturated heterocycles. The molecule has 0 aliphatic carbocycles. The molecule has 7 nitrogen and oxygen atoms in total. The van der Waals surface area contributed by atoms with Crippen molar-refractivity contribution < 1.29 is 9.53 Å². The van der Waals surface area contributed by atoms with E-state index in [1.54, 1.807) is 6.08 Å². The number of aromatic nitrogens is 4. The molecule has 2 aromatic heterocycles. The maximum atomic E-state index is 12.5. The molecule has 0 fully saturated rings. The molecule has 2 heterocycles. The summed E-state index contributed by atoms with van der Waals surface area (Å²) in [6.07, 6.45) is 1.77. The van der Waals surface area contributed by atoms with Gasteiger partial charge in [-0.3, -0.25) is 9.36 Å². The van der Waals surface area contributed by atoms with E-state index in [4.69, 9.17) is 4.74 Å². The highest BCUT2D eigenvalue weighted by Gasteiger charge is 2.15. The summed E-state index contributed by atoms with van der Waals surface area (Å²) in [4.78, 5) is 17.0. The van der Waals surface area contributed by atoms with Gasteiger partial charge in [-0.05, 0) is 30.7 Å². The molecule has 34 heavy (non-hydrogen) atoms. The number of ether oxygens (including phenoxy) is 1. The van der Waals surface area contributed by atoms with Crippen LogP contribution in [0.5, 0.6) is 5.75 Å². The van der Waals surface area contributed by atoms with Crippen molar-refractivity contribution in [3.63, 3.8) is 0 Å². The third kappa shape index (κ3) is 6.13. The number of thiazole rings is 1. The molecule has 0 aliphatic rings. The van der Waals surface area contributed by atoms with Gasteiger partial charge in [0.1, 0.15) is 12.4 Å². The number of carbonyl (C=O) groups excluding carboxylic acids is 1. The highest BCUT2D eigenvalue weighted by molar-refractivity contribution is 9.10. The number of allylic oxidation sites excluding steroid dienone is 1. The van der Waals surface area contributed by atoms with Crippen LogP contribution < -0.4 is 10.1 Å². The lowest BCUT2D eigenvalue weighted by Gasteiger charge is -2.10. The largest absolute Gasteiger partial charge is 0.485 e. The zero-order valence-electron chi connectivity index (χ0n) is 18.4. The number of carbonyl (C=O) groups is 1. The molecule has 0 radical (unpaired) electrons. The fraction of sp³-hybridized carbons (Fsp3) is 0.167. The monoisotopic (exact) mass is 555 g/mol. The van der Waals surface area contributed by atoms with Crippen LogP contribution in [0, 0.1) is 6.92 Å². The Morgan fingerprint density at radius 2 is 2.03 bits per heavy atom. The Bertz CT molecular complexity index is 1290. The first-order chi connectivity index (χ1) is 16.5. The molecular formula is C24H22BrN5O2S2. The molecule has 4 aromatic rings. The van der Waals surface area contributed by atoms with Crippen LogP contribution in [0.4, 0.5) is 5.13 Å². The van der Waals surface area contributed by atoms with Crippen LogP contribution in [0.2, 0.25) is 0 Å². The third-order valence-corrected chi connectivity index (χ3v) is 7.03. The van der Waals surface area contributed by atoms with E-state index in [0.717, 1.165) is 27.0 Å². The van der Waals surface area contributed by atoms with E-state index in [2.05, 4.69) is 43.0 Å². The van der Waals surface area contributed by atoms with Crippen molar-refractivity contribution in [2.45, 2.75) is 25.2 Å². The number of aryl methyl sites for hydroxylation is 1. The maximum Gasteiger partial charge on any atom is 0.236 e. The topological polar surface area (TPSA) is 81.9 Å². The van der Waals surface area contributed by atoms with Gasteiger partial charge in [0.05, 0.1) is 11.4 Å². The molecule has 1 N–H and O–H groups in total. The van der Waals surface area contributed by atoms with Crippen LogP contribution in [0.25, 0.3) is 11.3 Å². The van der Waals surface area contributed by atoms with Gasteiger partial charge in [-0.1, -0.05) is 64.1 Å². The lowest BCUT2D eigenvalue weighted by Crippen LogP contribution is -2.15. The number of nitrogens with one attached hydrogen (secondary N) is 1. The molecule has 174 valence electrons. The Morgan fingerprint density at radius 3 is 2.79 bits per heavy atom. The Hall–Kier alpha value is -2.95. The van der Waals surface area contributed by atoms with Crippen LogP contribution >= 0.6 is 39.0 Å². The number of nitrogens with zero attached hydrogens (tertiary/aromatic N) is 4. The highest BCUT2D eigenvalue weighted by Crippen LogP contribution is 2.27. The molecule has 2 aromatic carbocycles. The summed E-state index contributed by atoms with van der Waals surface area (Å²) >= 11 is 6.13. The normalized spacial score (nSPS) is 10.8. The van der Waals surface area contributed by atoms with Crippen LogP contribution in [0.1, 0.15) is 11.4 Å². The minimum Gasteiger partial charge on any atom is -0.485 e. The second kappa shape index (κ2) is 11.5. The van der Waals surface area contributed by atoms with E-state index in [0.29, 0.717) is 22.7 Å². The number of hydrogen-bond acceptors (Lipinski definition) is 7. The zero-order chi connectivity index (χ0) is 23.9. The number of thioether (sulfide) groups is 1. The van der Waals surface area contributed by atoms with Gasteiger partial charge in [0.25, 0.3) is 0 Å². The molecule has 0 aliphatic heterocycles. The average molecular weight is 557 g/mol. The Balaban J connectivity index is 1.35. The van der Waals surface area contributed by atoms with Crippen molar-refractivity contribution in [3.8, 4) is 17.0 Å². The third-order valence-electron chi connectivity index (χ3n) is 4.78. The van der Waals surface area contributed by atoms with Crippen LogP contribution in [-0.4, -0.2) is 31.4 Å². The molecule has 1 amide bonds. The van der Waals surface area contributed by atoms with E-state index >= 15 is 0 Å². The number of halogens is 1. The molecule has 10 heteroatoms. The Morgan fingerprint density at radius 1 is 1.24 bits per heavy atom. The maximum absolute atomic E-state index is 12.5. The van der Waals surface area contributed by atoms with Gasteiger partial charge in [-0.25, -0.2) is 4.98 Å². The number of para-hydroxylation sites is 1. The molecule has 0 bridgehead atoms. The number of rotatable bonds is 10. The van der Waals surface area contributed by atoms with Gasteiger partial charge >= 0.3 is 0 Å². The van der Waals surface area contributed by atoms with E-state index in [9.17, 15) is 4.79 Å². The van der Waals surface area contributed by atoms with Crippen molar-refractivity contribution in [2.24, 2.45) is 0 Å². The minimum absolute atomic E-state index is 0.160. The SMILES string of the molecule is C=CCn1c(COc2ccccc2C)nnc1SCC(=O)Nc1nc(-c2ccc(Br)cc2)cs1. The van der Waals surface area contributed by atoms with Crippen molar-refractivity contribution in [3.05, 3.63) is 82.4 Å². The van der Waals surface area contributed by atoms with Crippen molar-refractivity contribution >= 4 is 50.1 Å². The Labute approximate surface area is 214 Å². The van der Waals surface area contributed by atoms with Gasteiger partial charge < -0.3 is 10.1 Å². The quantitative estimate of drug-likeness (QED) is 0.192. The van der Waals surface area contributed by atoms with Crippen LogP contribution in [0.3, 0.4) is 0 Å². The van der Waals surface area contributed by atoms with Crippen LogP contribution in [0.15, 0.2) is 76.2 Å². The second-order valence-corrected chi connectivity index (χ2v) is 9.95. The van der Waals surface area contributed by atoms with E-state index in [1.165, 1.54) is 23.1 Å². The summed E-state index contributed by atoms with van der Waals surface area (Å²) in [5.74, 6) is 1.49. The van der Waals surface area contributed by atoms with Crippen LogP contribution in [-0.2, 0) is 17.9 Å². The summed E-state index contributed by atoms with van der Waals surface area (Å²) in [5.41, 5.74) is 2.87. The van der Waals surface area contributed by atoms with Crippen molar-refractivity contribution in [1.82, 2.24) is 19.7 Å². The summed E-state index contributed by atoms with van der Waals surface area (Å²) < 4.78 is 8.82. The number of amides is 1. The summed E-state index contributed by atoms with van der Waals surface area (Å²) in [7, 11) is 0. The molecular weight excluding hydrogens is 534 g/mol. The van der Waals surface area contributed by atoms with E-state index in [1.807, 2.05) is 65.4 Å². The fourth-order valence-corrected chi connectivity index (χ4v) is 4.84. The van der Waals surface area contributed by atoms with E-state index in [-0.39, 0.29) is 18.3 Å². The smallest absolute Gasteiger partial charge is 0.236 e. The summed E-state index contributed by atoms with van der Waals surface area (Å²) in [5, 5.41) is 14.5. The number of anilines is 1. The molecule has 0 atom stereocenters. The predicted molar refractivity (Wildman–Crippen MR) is 140 cm³/mol. The van der Waals surface area contributed by atoms with Crippen molar-refractivity contribution in [2.75, 3.05) is 11.1 Å². The lowest BCUT2D eigenvalue weighted by molar-refractivity contribution is -0.113. The first-order valence-electron chi connectivity index (χ1n) is 10.4. The van der Waals surface area contributed by atoms with E-state index < -0.39 is 0 Å². The van der Waals surface area contributed by atoms with Gasteiger partial charge in [0, 0.05) is 22.0 Å². The van der Waals surface area contributed by atoms with Gasteiger partial charge in [-0.2, -0.15) is 0 Å². The summed E-state index contributed by atoms with van der Waals surface area (Å²) in [6, 6.07) is 15.7. The van der Waals surface area contributed by atoms with Gasteiger partial charge in [0.2, 0.25) is 5.91 Å². The first-order valence-corrected chi connectivity index (χ1v) is 13.0. The Kier molecular flexibility index (Phi) is 8.15. The van der Waals surface area contributed by atoms with Gasteiger partial charge in [0.15, 0.2) is 16.1 Å². The standard InChI is InChI=1S/C24H22BrN5O2S2/c1-3-12-30-21(13-32-20-7-5-4-6-16(20)2)28-29-24(30)34-15-22(31)27-23-26-19(14-33-23)17-8-10-18(25)11-9-17/h3-11,14H,1,12-13,15H2,2H3,(H,26,27,31). The number of benzene rings is 2. The second-order valence-electron chi connectivity index (χ2n) is 7.23. The van der Waals surface area contributed by atoms with Gasteiger partial charge in [-0.15, -0.1) is 28.1 Å². The highest BCUT2D eigenvalue weighted by atomic mass is 79.9. The molecule has 4 rings (SSSR count). The average Bonchev–Trinajstić information content (AvgIpc) is 3.45. The lowest BCUT2D eigenvalue weighted by atomic mass is 10.2. The fourth-order valence-electron chi connectivity index (χ4n) is 3.08. The number of hydrogen-bond donors (Lipinski definition) is 1. The van der Waals surface area contributed by atoms with Crippen molar-refractivity contribution in [1.29, 1.82) is 0 Å². The zero-order valence-corrected chi connectivity index (χ0v) is 21.6. The minimum atomic E-state index is -0.160. The summed E-state index contributed by atoms with van der Waals surface area (Å²) in [6.45, 7) is 6.61. The molecule has 0 unspecified atom stereocenters. The molecule has 0 saturated carbocycles. The predicted octanol–water partition coefficient (Wildman–Crippen LogP) is 5.97.